The van der Waals surface area contributed by atoms with Crippen molar-refractivity contribution < 1.29 is 18.3 Å². The van der Waals surface area contributed by atoms with Crippen molar-refractivity contribution >= 4 is 29.0 Å². The summed E-state index contributed by atoms with van der Waals surface area (Å²) < 4.78 is 32.4. The van der Waals surface area contributed by atoms with E-state index in [9.17, 15) is 13.6 Å². The molecule has 0 fully saturated rings. The maximum atomic E-state index is 14.3. The lowest BCUT2D eigenvalue weighted by Gasteiger charge is -2.30. The summed E-state index contributed by atoms with van der Waals surface area (Å²) in [6.45, 7) is 2.08. The van der Waals surface area contributed by atoms with Crippen LogP contribution in [0.3, 0.4) is 0 Å². The minimum absolute atomic E-state index is 0.00616. The summed E-state index contributed by atoms with van der Waals surface area (Å²) in [5.74, 6) is -0.905. The zero-order chi connectivity index (χ0) is 17.3. The maximum absolute atomic E-state index is 14.3. The predicted octanol–water partition coefficient (Wildman–Crippen LogP) is 3.23. The van der Waals surface area contributed by atoms with Crippen LogP contribution in [0.1, 0.15) is 28.6 Å². The molecule has 3 rings (SSSR count). The van der Waals surface area contributed by atoms with Crippen LogP contribution < -0.4 is 11.1 Å². The van der Waals surface area contributed by atoms with Gasteiger partial charge in [-0.25, -0.2) is 9.38 Å². The number of rotatable bonds is 3. The number of aliphatic imine (C=N–C) groups is 1. The first kappa shape index (κ1) is 16.4. The quantitative estimate of drug-likeness (QED) is 0.891. The van der Waals surface area contributed by atoms with E-state index in [0.717, 1.165) is 11.3 Å². The SMILES string of the molecule is C[C@@]1(c2cc(NC(=O)c3ccc(F)s3)ccc2F)CCOC(N)=N1. The Balaban J connectivity index is 1.89. The lowest BCUT2D eigenvalue weighted by Crippen LogP contribution is -2.34. The van der Waals surface area contributed by atoms with Crippen molar-refractivity contribution in [2.45, 2.75) is 18.9 Å². The largest absolute Gasteiger partial charge is 0.465 e. The summed E-state index contributed by atoms with van der Waals surface area (Å²) in [7, 11) is 0. The van der Waals surface area contributed by atoms with E-state index in [2.05, 4.69) is 10.3 Å². The number of amidine groups is 1. The number of halogens is 2. The zero-order valence-electron chi connectivity index (χ0n) is 12.8. The minimum atomic E-state index is -0.873. The molecule has 0 unspecified atom stereocenters. The number of carbonyl (C=O) groups is 1. The molecule has 5 nitrogen and oxygen atoms in total. The molecular formula is C16H15F2N3O2S. The second kappa shape index (κ2) is 6.20. The summed E-state index contributed by atoms with van der Waals surface area (Å²) in [5, 5.41) is 2.19. The number of nitrogens with two attached hydrogens (primary N) is 1. The lowest BCUT2D eigenvalue weighted by molar-refractivity contribution is 0.103. The molecule has 1 aromatic heterocycles. The Morgan fingerprint density at radius 3 is 2.83 bits per heavy atom. The predicted molar refractivity (Wildman–Crippen MR) is 88.2 cm³/mol. The molecular weight excluding hydrogens is 336 g/mol. The number of ether oxygens (including phenoxy) is 1. The van der Waals surface area contributed by atoms with Crippen molar-refractivity contribution in [3.63, 3.8) is 0 Å². The maximum Gasteiger partial charge on any atom is 0.282 e. The van der Waals surface area contributed by atoms with Crippen LogP contribution in [0.5, 0.6) is 0 Å². The zero-order valence-corrected chi connectivity index (χ0v) is 13.6. The number of carbonyl (C=O) groups excluding carboxylic acids is 1. The molecule has 0 saturated carbocycles. The van der Waals surface area contributed by atoms with Crippen molar-refractivity contribution in [1.82, 2.24) is 0 Å². The van der Waals surface area contributed by atoms with Gasteiger partial charge in [0.05, 0.1) is 17.0 Å². The Hall–Kier alpha value is -2.48. The summed E-state index contributed by atoms with van der Waals surface area (Å²) >= 11 is 0.742. The number of nitrogens with zero attached hydrogens (tertiary/aromatic N) is 1. The number of benzene rings is 1. The molecule has 2 aromatic rings. The fourth-order valence-corrected chi connectivity index (χ4v) is 3.15. The van der Waals surface area contributed by atoms with Gasteiger partial charge < -0.3 is 15.8 Å². The first-order valence-corrected chi connectivity index (χ1v) is 8.04. The molecule has 0 aliphatic carbocycles. The summed E-state index contributed by atoms with van der Waals surface area (Å²) in [6, 6.07) is 6.83. The Labute approximate surface area is 141 Å². The third-order valence-electron chi connectivity index (χ3n) is 3.80. The highest BCUT2D eigenvalue weighted by atomic mass is 32.1. The Bertz CT molecular complexity index is 821. The van der Waals surface area contributed by atoms with Gasteiger partial charge in [0.15, 0.2) is 5.13 Å². The molecule has 8 heteroatoms. The number of thiophene rings is 1. The standard InChI is InChI=1S/C16H15F2N3O2S/c1-16(6-7-23-15(19)21-16)10-8-9(2-3-11(10)17)20-14(22)12-4-5-13(18)24-12/h2-5,8H,6-7H2,1H3,(H2,19,21)(H,20,22)/t16-/m0/s1. The van der Waals surface area contributed by atoms with Crippen LogP contribution in [-0.4, -0.2) is 18.5 Å². The molecule has 2 heterocycles. The first-order chi connectivity index (χ1) is 11.4. The van der Waals surface area contributed by atoms with Crippen LogP contribution in [0.2, 0.25) is 0 Å². The highest BCUT2D eigenvalue weighted by Gasteiger charge is 2.33. The summed E-state index contributed by atoms with van der Waals surface area (Å²) in [4.78, 5) is 16.5. The highest BCUT2D eigenvalue weighted by Crippen LogP contribution is 2.35. The minimum Gasteiger partial charge on any atom is -0.465 e. The first-order valence-electron chi connectivity index (χ1n) is 7.22. The van der Waals surface area contributed by atoms with Crippen LogP contribution in [0.15, 0.2) is 35.3 Å². The van der Waals surface area contributed by atoms with E-state index in [1.165, 1.54) is 30.3 Å². The Morgan fingerprint density at radius 2 is 2.17 bits per heavy atom. The summed E-state index contributed by atoms with van der Waals surface area (Å²) in [6.07, 6.45) is 0.457. The fourth-order valence-electron chi connectivity index (χ4n) is 2.53. The van der Waals surface area contributed by atoms with Gasteiger partial charge in [-0.05, 0) is 37.3 Å². The van der Waals surface area contributed by atoms with Gasteiger partial charge in [0.1, 0.15) is 5.82 Å². The molecule has 1 atom stereocenters. The van der Waals surface area contributed by atoms with E-state index >= 15 is 0 Å². The molecule has 1 aliphatic heterocycles. The van der Waals surface area contributed by atoms with Crippen molar-refractivity contribution in [1.29, 1.82) is 0 Å². The van der Waals surface area contributed by atoms with E-state index < -0.39 is 22.4 Å². The molecule has 1 amide bonds. The number of hydrogen-bond donors (Lipinski definition) is 2. The van der Waals surface area contributed by atoms with E-state index in [0.29, 0.717) is 24.3 Å². The molecule has 24 heavy (non-hydrogen) atoms. The smallest absolute Gasteiger partial charge is 0.282 e. The van der Waals surface area contributed by atoms with Gasteiger partial charge in [0, 0.05) is 17.7 Å². The molecule has 3 N–H and O–H groups in total. The van der Waals surface area contributed by atoms with Crippen LogP contribution in [-0.2, 0) is 10.3 Å². The van der Waals surface area contributed by atoms with Crippen LogP contribution in [0.4, 0.5) is 14.5 Å². The van der Waals surface area contributed by atoms with Crippen molar-refractivity contribution in [2.75, 3.05) is 11.9 Å². The monoisotopic (exact) mass is 351 g/mol. The normalized spacial score (nSPS) is 20.2. The third kappa shape index (κ3) is 3.23. The van der Waals surface area contributed by atoms with Gasteiger partial charge in [-0.3, -0.25) is 4.79 Å². The van der Waals surface area contributed by atoms with E-state index in [-0.39, 0.29) is 10.9 Å². The van der Waals surface area contributed by atoms with E-state index in [1.54, 1.807) is 6.92 Å². The van der Waals surface area contributed by atoms with Gasteiger partial charge in [0.25, 0.3) is 11.9 Å². The Kier molecular flexibility index (Phi) is 4.23. The van der Waals surface area contributed by atoms with Gasteiger partial charge in [-0.2, -0.15) is 4.39 Å². The lowest BCUT2D eigenvalue weighted by atomic mass is 9.88. The molecule has 1 aromatic carbocycles. The third-order valence-corrected chi connectivity index (χ3v) is 4.67. The number of amides is 1. The second-order valence-corrected chi connectivity index (χ2v) is 6.61. The van der Waals surface area contributed by atoms with Gasteiger partial charge in [-0.15, -0.1) is 11.3 Å². The molecule has 1 aliphatic rings. The number of hydrogen-bond acceptors (Lipinski definition) is 5. The van der Waals surface area contributed by atoms with Crippen LogP contribution in [0, 0.1) is 10.9 Å². The second-order valence-electron chi connectivity index (χ2n) is 5.57. The molecule has 0 spiro atoms. The molecule has 0 bridgehead atoms. The van der Waals surface area contributed by atoms with Crippen LogP contribution in [0.25, 0.3) is 0 Å². The van der Waals surface area contributed by atoms with Gasteiger partial charge in [-0.1, -0.05) is 0 Å². The molecule has 0 saturated heterocycles. The van der Waals surface area contributed by atoms with Crippen molar-refractivity contribution in [3.05, 3.63) is 51.7 Å². The van der Waals surface area contributed by atoms with Gasteiger partial charge in [0.2, 0.25) is 0 Å². The average Bonchev–Trinajstić information content (AvgIpc) is 2.95. The van der Waals surface area contributed by atoms with Crippen molar-refractivity contribution in [3.8, 4) is 0 Å². The fraction of sp³-hybridized carbons (Fsp3) is 0.250. The van der Waals surface area contributed by atoms with E-state index in [4.69, 9.17) is 10.5 Å². The molecule has 126 valence electrons. The average molecular weight is 351 g/mol. The van der Waals surface area contributed by atoms with Gasteiger partial charge >= 0.3 is 0 Å². The van der Waals surface area contributed by atoms with Crippen LogP contribution >= 0.6 is 11.3 Å². The summed E-state index contributed by atoms with van der Waals surface area (Å²) in [5.41, 5.74) is 5.43. The number of nitrogens with one attached hydrogen (secondary N) is 1. The van der Waals surface area contributed by atoms with Crippen molar-refractivity contribution in [2.24, 2.45) is 10.7 Å². The molecule has 0 radical (unpaired) electrons. The van der Waals surface area contributed by atoms with E-state index in [1.807, 2.05) is 0 Å². The topological polar surface area (TPSA) is 76.7 Å². The number of anilines is 1. The Morgan fingerprint density at radius 1 is 1.38 bits per heavy atom. The highest BCUT2D eigenvalue weighted by molar-refractivity contribution is 7.12.